The molecule has 0 aliphatic heterocycles. The van der Waals surface area contributed by atoms with E-state index in [0.29, 0.717) is 11.8 Å². The average molecular weight is 363 g/mol. The number of benzene rings is 1. The summed E-state index contributed by atoms with van der Waals surface area (Å²) in [5.41, 5.74) is -2.04. The third kappa shape index (κ3) is 3.55. The number of nitro groups is 1. The van der Waals surface area contributed by atoms with E-state index in [-0.39, 0.29) is 17.3 Å². The second-order valence-corrected chi connectivity index (χ2v) is 4.84. The van der Waals surface area contributed by atoms with Gasteiger partial charge in [-0.3, -0.25) is 20.1 Å². The molecule has 2 aromatic heterocycles. The molecule has 0 atom stereocenters. The monoisotopic (exact) mass is 363 g/mol. The van der Waals surface area contributed by atoms with Crippen LogP contribution in [0.25, 0.3) is 11.4 Å². The molecule has 0 spiro atoms. The highest BCUT2D eigenvalue weighted by Gasteiger charge is 2.38. The van der Waals surface area contributed by atoms with Gasteiger partial charge in [-0.1, -0.05) is 0 Å². The van der Waals surface area contributed by atoms with E-state index < -0.39 is 22.4 Å². The van der Waals surface area contributed by atoms with Crippen LogP contribution in [0.15, 0.2) is 49.2 Å². The number of nitrogens with zero attached hydrogens (tertiary/aromatic N) is 5. The molecule has 0 unspecified atom stereocenters. The number of aromatic nitrogens is 4. The smallest absolute Gasteiger partial charge is 0.423 e. The van der Waals surface area contributed by atoms with E-state index in [9.17, 15) is 23.3 Å². The minimum Gasteiger partial charge on any atom is -0.437 e. The molecule has 0 saturated carbocycles. The fourth-order valence-electron chi connectivity index (χ4n) is 2.07. The Morgan fingerprint density at radius 1 is 1.04 bits per heavy atom. The summed E-state index contributed by atoms with van der Waals surface area (Å²) in [4.78, 5) is 25.6. The Hall–Kier alpha value is -3.63. The quantitative estimate of drug-likeness (QED) is 0.515. The summed E-state index contributed by atoms with van der Waals surface area (Å²) in [7, 11) is 0. The van der Waals surface area contributed by atoms with Crippen molar-refractivity contribution in [2.75, 3.05) is 0 Å². The third-order valence-electron chi connectivity index (χ3n) is 3.16. The van der Waals surface area contributed by atoms with Crippen LogP contribution in [-0.2, 0) is 6.18 Å². The van der Waals surface area contributed by atoms with Crippen LogP contribution < -0.4 is 4.74 Å². The SMILES string of the molecule is O=[N+]([O-])c1ccc(Oc2nccnc2-c2cnccn2)cc1C(F)(F)F. The molecule has 26 heavy (non-hydrogen) atoms. The highest BCUT2D eigenvalue weighted by atomic mass is 19.4. The van der Waals surface area contributed by atoms with Crippen LogP contribution in [-0.4, -0.2) is 24.9 Å². The second-order valence-electron chi connectivity index (χ2n) is 4.84. The Kier molecular flexibility index (Phi) is 4.43. The van der Waals surface area contributed by atoms with Gasteiger partial charge in [0.1, 0.15) is 17.0 Å². The van der Waals surface area contributed by atoms with Crippen LogP contribution in [0.2, 0.25) is 0 Å². The molecular formula is C15H8F3N5O3. The molecule has 0 aliphatic carbocycles. The van der Waals surface area contributed by atoms with Crippen molar-refractivity contribution in [2.45, 2.75) is 6.18 Å². The molecule has 0 amide bonds. The van der Waals surface area contributed by atoms with E-state index in [1.54, 1.807) is 0 Å². The average Bonchev–Trinajstić information content (AvgIpc) is 2.62. The van der Waals surface area contributed by atoms with Gasteiger partial charge >= 0.3 is 6.18 Å². The number of hydrogen-bond donors (Lipinski definition) is 0. The van der Waals surface area contributed by atoms with Crippen LogP contribution in [0.1, 0.15) is 5.56 Å². The minimum atomic E-state index is -4.92. The number of rotatable bonds is 4. The summed E-state index contributed by atoms with van der Waals surface area (Å²) in [5.74, 6) is -0.399. The van der Waals surface area contributed by atoms with Gasteiger partial charge in [-0.05, 0) is 6.07 Å². The van der Waals surface area contributed by atoms with Crippen molar-refractivity contribution >= 4 is 5.69 Å². The van der Waals surface area contributed by atoms with Gasteiger partial charge in [0.15, 0.2) is 5.69 Å². The molecule has 132 valence electrons. The highest BCUT2D eigenvalue weighted by molar-refractivity contribution is 5.59. The molecule has 0 N–H and O–H groups in total. The lowest BCUT2D eigenvalue weighted by Gasteiger charge is -2.11. The number of nitro benzene ring substituents is 1. The molecule has 0 saturated heterocycles. The Balaban J connectivity index is 2.02. The van der Waals surface area contributed by atoms with Crippen LogP contribution >= 0.6 is 0 Å². The van der Waals surface area contributed by atoms with E-state index in [0.717, 1.165) is 12.1 Å². The maximum atomic E-state index is 13.1. The van der Waals surface area contributed by atoms with Gasteiger partial charge in [-0.15, -0.1) is 0 Å². The molecule has 11 heteroatoms. The van der Waals surface area contributed by atoms with Crippen molar-refractivity contribution < 1.29 is 22.8 Å². The van der Waals surface area contributed by atoms with Crippen molar-refractivity contribution in [3.05, 3.63) is 64.9 Å². The first-order valence-electron chi connectivity index (χ1n) is 6.97. The predicted molar refractivity (Wildman–Crippen MR) is 81.2 cm³/mol. The second kappa shape index (κ2) is 6.70. The molecule has 0 fully saturated rings. The largest absolute Gasteiger partial charge is 0.437 e. The Labute approximate surface area is 143 Å². The normalized spacial score (nSPS) is 11.2. The highest BCUT2D eigenvalue weighted by Crippen LogP contribution is 2.39. The van der Waals surface area contributed by atoms with Crippen LogP contribution in [0.5, 0.6) is 11.6 Å². The minimum absolute atomic E-state index is 0.116. The predicted octanol–water partition coefficient (Wildman–Crippen LogP) is 3.65. The first-order chi connectivity index (χ1) is 12.4. The van der Waals surface area contributed by atoms with Crippen molar-refractivity contribution in [3.63, 3.8) is 0 Å². The zero-order valence-corrected chi connectivity index (χ0v) is 12.7. The standard InChI is InChI=1S/C15H8F3N5O3/c16-15(17,18)10-7-9(1-2-12(10)23(24)25)26-14-13(21-5-6-22-14)11-8-19-3-4-20-11/h1-8H. The summed E-state index contributed by atoms with van der Waals surface area (Å²) in [6.45, 7) is 0. The molecule has 8 nitrogen and oxygen atoms in total. The topological polar surface area (TPSA) is 104 Å². The van der Waals surface area contributed by atoms with E-state index in [1.807, 2.05) is 0 Å². The van der Waals surface area contributed by atoms with E-state index in [1.165, 1.54) is 31.0 Å². The fraction of sp³-hybridized carbons (Fsp3) is 0.0667. The van der Waals surface area contributed by atoms with Gasteiger partial charge in [-0.25, -0.2) is 9.97 Å². The lowest BCUT2D eigenvalue weighted by molar-refractivity contribution is -0.388. The van der Waals surface area contributed by atoms with Gasteiger partial charge in [0.25, 0.3) is 5.69 Å². The zero-order chi connectivity index (χ0) is 18.7. The number of halogens is 3. The summed E-state index contributed by atoms with van der Waals surface area (Å²) in [6, 6.07) is 2.30. The number of hydrogen-bond acceptors (Lipinski definition) is 7. The summed E-state index contributed by atoms with van der Waals surface area (Å²) >= 11 is 0. The van der Waals surface area contributed by atoms with Gasteiger partial charge in [0.2, 0.25) is 5.88 Å². The van der Waals surface area contributed by atoms with Crippen molar-refractivity contribution in [1.29, 1.82) is 0 Å². The molecule has 0 radical (unpaired) electrons. The first kappa shape index (κ1) is 17.2. The van der Waals surface area contributed by atoms with Crippen molar-refractivity contribution in [3.8, 4) is 23.0 Å². The summed E-state index contributed by atoms with van der Waals surface area (Å²) < 4.78 is 44.6. The molecule has 2 heterocycles. The third-order valence-corrected chi connectivity index (χ3v) is 3.16. The molecule has 1 aromatic carbocycles. The van der Waals surface area contributed by atoms with E-state index in [4.69, 9.17) is 4.74 Å². The van der Waals surface area contributed by atoms with Gasteiger partial charge in [0, 0.05) is 36.9 Å². The van der Waals surface area contributed by atoms with Crippen molar-refractivity contribution in [2.24, 2.45) is 0 Å². The molecule has 0 bridgehead atoms. The lowest BCUT2D eigenvalue weighted by atomic mass is 10.1. The van der Waals surface area contributed by atoms with Gasteiger partial charge < -0.3 is 4.74 Å². The fourth-order valence-corrected chi connectivity index (χ4v) is 2.07. The van der Waals surface area contributed by atoms with Gasteiger partial charge in [-0.2, -0.15) is 13.2 Å². The number of ether oxygens (including phenoxy) is 1. The Bertz CT molecular complexity index is 951. The Morgan fingerprint density at radius 3 is 2.42 bits per heavy atom. The maximum absolute atomic E-state index is 13.1. The summed E-state index contributed by atoms with van der Waals surface area (Å²) in [5, 5.41) is 10.8. The van der Waals surface area contributed by atoms with Gasteiger partial charge in [0.05, 0.1) is 11.1 Å². The zero-order valence-electron chi connectivity index (χ0n) is 12.7. The lowest BCUT2D eigenvalue weighted by Crippen LogP contribution is -2.09. The number of alkyl halides is 3. The van der Waals surface area contributed by atoms with Crippen LogP contribution in [0.3, 0.4) is 0 Å². The Morgan fingerprint density at radius 2 is 1.77 bits per heavy atom. The first-order valence-corrected chi connectivity index (χ1v) is 6.97. The molecule has 3 rings (SSSR count). The maximum Gasteiger partial charge on any atom is 0.423 e. The van der Waals surface area contributed by atoms with Crippen LogP contribution in [0, 0.1) is 10.1 Å². The van der Waals surface area contributed by atoms with E-state index in [2.05, 4.69) is 19.9 Å². The van der Waals surface area contributed by atoms with E-state index >= 15 is 0 Å². The van der Waals surface area contributed by atoms with Crippen molar-refractivity contribution in [1.82, 2.24) is 19.9 Å². The molecular weight excluding hydrogens is 355 g/mol. The molecule has 3 aromatic rings. The molecule has 0 aliphatic rings. The summed E-state index contributed by atoms with van der Waals surface area (Å²) in [6.07, 6.45) is 1.94. The van der Waals surface area contributed by atoms with Crippen LogP contribution in [0.4, 0.5) is 18.9 Å².